The summed E-state index contributed by atoms with van der Waals surface area (Å²) in [5.41, 5.74) is 5.74. The van der Waals surface area contributed by atoms with Gasteiger partial charge >= 0.3 is 0 Å². The molecular formula is C13H14BrFN2O3S. The lowest BCUT2D eigenvalue weighted by molar-refractivity contribution is 0.395. The van der Waals surface area contributed by atoms with Crippen LogP contribution in [0.1, 0.15) is 11.5 Å². The summed E-state index contributed by atoms with van der Waals surface area (Å²) < 4.78 is 45.3. The van der Waals surface area contributed by atoms with Gasteiger partial charge in [0.1, 0.15) is 16.4 Å². The first kappa shape index (κ1) is 16.0. The maximum atomic E-state index is 14.0. The van der Waals surface area contributed by atoms with Gasteiger partial charge in [0.2, 0.25) is 10.0 Å². The largest absolute Gasteiger partial charge is 0.465 e. The smallest absolute Gasteiger partial charge is 0.246 e. The summed E-state index contributed by atoms with van der Waals surface area (Å²) in [5.74, 6) is 0.280. The number of anilines is 1. The van der Waals surface area contributed by atoms with Crippen LogP contribution in [-0.4, -0.2) is 19.8 Å². The molecule has 0 saturated heterocycles. The van der Waals surface area contributed by atoms with Crippen molar-refractivity contribution in [2.24, 2.45) is 0 Å². The van der Waals surface area contributed by atoms with E-state index < -0.39 is 20.7 Å². The fourth-order valence-electron chi connectivity index (χ4n) is 1.81. The van der Waals surface area contributed by atoms with Crippen LogP contribution >= 0.6 is 15.9 Å². The first-order chi connectivity index (χ1) is 9.71. The maximum absolute atomic E-state index is 14.0. The summed E-state index contributed by atoms with van der Waals surface area (Å²) in [6.07, 6.45) is 0. The Labute approximate surface area is 130 Å². The lowest BCUT2D eigenvalue weighted by atomic mass is 10.3. The molecule has 114 valence electrons. The van der Waals surface area contributed by atoms with Gasteiger partial charge < -0.3 is 10.2 Å². The fourth-order valence-corrected chi connectivity index (χ4v) is 3.68. The Balaban J connectivity index is 2.37. The molecule has 1 aromatic heterocycles. The molecular weight excluding hydrogens is 363 g/mol. The molecule has 21 heavy (non-hydrogen) atoms. The molecule has 0 bridgehead atoms. The van der Waals surface area contributed by atoms with Gasteiger partial charge in [0.05, 0.1) is 11.0 Å². The van der Waals surface area contributed by atoms with Gasteiger partial charge in [-0.3, -0.25) is 0 Å². The van der Waals surface area contributed by atoms with E-state index in [1.54, 1.807) is 19.1 Å². The molecule has 0 saturated carbocycles. The van der Waals surface area contributed by atoms with Crippen LogP contribution in [0.5, 0.6) is 0 Å². The summed E-state index contributed by atoms with van der Waals surface area (Å²) in [6, 6.07) is 5.81. The second-order valence-corrected chi connectivity index (χ2v) is 7.46. The van der Waals surface area contributed by atoms with E-state index in [9.17, 15) is 12.8 Å². The number of nitrogens with zero attached hydrogens (tertiary/aromatic N) is 1. The quantitative estimate of drug-likeness (QED) is 0.832. The van der Waals surface area contributed by atoms with E-state index in [1.165, 1.54) is 13.1 Å². The normalized spacial score (nSPS) is 12.0. The number of benzene rings is 1. The van der Waals surface area contributed by atoms with Crippen molar-refractivity contribution < 1.29 is 17.2 Å². The van der Waals surface area contributed by atoms with Crippen LogP contribution in [0.2, 0.25) is 0 Å². The van der Waals surface area contributed by atoms with E-state index in [0.717, 1.165) is 10.4 Å². The lowest BCUT2D eigenvalue weighted by Gasteiger charge is -2.17. The Bertz CT molecular complexity index is 774. The van der Waals surface area contributed by atoms with E-state index in [2.05, 4.69) is 15.9 Å². The minimum atomic E-state index is -4.02. The Hall–Kier alpha value is -1.38. The SMILES string of the molecule is Cc1ccc(CN(C)S(=O)(=O)c2cc(N)cc(Br)c2F)o1. The van der Waals surface area contributed by atoms with Crippen molar-refractivity contribution in [1.29, 1.82) is 0 Å². The third-order valence-electron chi connectivity index (χ3n) is 2.88. The van der Waals surface area contributed by atoms with E-state index in [-0.39, 0.29) is 16.7 Å². The third kappa shape index (κ3) is 3.28. The maximum Gasteiger partial charge on any atom is 0.246 e. The highest BCUT2D eigenvalue weighted by Gasteiger charge is 2.27. The van der Waals surface area contributed by atoms with Crippen molar-refractivity contribution >= 4 is 31.6 Å². The third-order valence-corrected chi connectivity index (χ3v) is 5.26. The molecule has 0 atom stereocenters. The van der Waals surface area contributed by atoms with E-state index >= 15 is 0 Å². The summed E-state index contributed by atoms with van der Waals surface area (Å²) in [7, 11) is -2.66. The second-order valence-electron chi connectivity index (χ2n) is 4.59. The van der Waals surface area contributed by atoms with Gasteiger partial charge in [0.15, 0.2) is 5.82 Å². The van der Waals surface area contributed by atoms with Crippen LogP contribution in [0.4, 0.5) is 10.1 Å². The van der Waals surface area contributed by atoms with Gasteiger partial charge in [-0.05, 0) is 47.1 Å². The highest BCUT2D eigenvalue weighted by molar-refractivity contribution is 9.10. The van der Waals surface area contributed by atoms with Gasteiger partial charge in [-0.25, -0.2) is 12.8 Å². The van der Waals surface area contributed by atoms with Crippen LogP contribution in [0.3, 0.4) is 0 Å². The number of nitrogens with two attached hydrogens (primary N) is 1. The average Bonchev–Trinajstić information content (AvgIpc) is 2.79. The number of hydrogen-bond acceptors (Lipinski definition) is 4. The molecule has 1 heterocycles. The molecule has 0 aliphatic carbocycles. The number of halogens is 2. The molecule has 0 aliphatic heterocycles. The minimum absolute atomic E-state index is 0.00202. The van der Waals surface area contributed by atoms with Crippen molar-refractivity contribution in [2.45, 2.75) is 18.4 Å². The number of aryl methyl sites for hydroxylation is 1. The predicted molar refractivity (Wildman–Crippen MR) is 80.6 cm³/mol. The summed E-state index contributed by atoms with van der Waals surface area (Å²) in [4.78, 5) is -0.472. The number of rotatable bonds is 4. The molecule has 0 radical (unpaired) electrons. The number of sulfonamides is 1. The van der Waals surface area contributed by atoms with Crippen LogP contribution in [0.15, 0.2) is 38.1 Å². The van der Waals surface area contributed by atoms with Crippen molar-refractivity contribution in [3.63, 3.8) is 0 Å². The highest BCUT2D eigenvalue weighted by Crippen LogP contribution is 2.28. The minimum Gasteiger partial charge on any atom is -0.465 e. The van der Waals surface area contributed by atoms with Gasteiger partial charge in [-0.2, -0.15) is 4.31 Å². The highest BCUT2D eigenvalue weighted by atomic mass is 79.9. The van der Waals surface area contributed by atoms with E-state index in [0.29, 0.717) is 11.5 Å². The Morgan fingerprint density at radius 1 is 1.38 bits per heavy atom. The van der Waals surface area contributed by atoms with Crippen LogP contribution < -0.4 is 5.73 Å². The monoisotopic (exact) mass is 376 g/mol. The zero-order valence-corrected chi connectivity index (χ0v) is 13.8. The Morgan fingerprint density at radius 3 is 2.62 bits per heavy atom. The van der Waals surface area contributed by atoms with Crippen molar-refractivity contribution in [3.05, 3.63) is 46.1 Å². The lowest BCUT2D eigenvalue weighted by Crippen LogP contribution is -2.27. The molecule has 2 rings (SSSR count). The molecule has 0 unspecified atom stereocenters. The van der Waals surface area contributed by atoms with E-state index in [4.69, 9.17) is 10.2 Å². The number of furan rings is 1. The van der Waals surface area contributed by atoms with Crippen molar-refractivity contribution in [2.75, 3.05) is 12.8 Å². The molecule has 0 spiro atoms. The van der Waals surface area contributed by atoms with Crippen LogP contribution in [-0.2, 0) is 16.6 Å². The first-order valence-electron chi connectivity index (χ1n) is 5.98. The predicted octanol–water partition coefficient (Wildman–Crippen LogP) is 2.89. The topological polar surface area (TPSA) is 76.5 Å². The van der Waals surface area contributed by atoms with Gasteiger partial charge in [0.25, 0.3) is 0 Å². The second kappa shape index (κ2) is 5.78. The molecule has 0 amide bonds. The van der Waals surface area contributed by atoms with Gasteiger partial charge in [-0.15, -0.1) is 0 Å². The van der Waals surface area contributed by atoms with Crippen molar-refractivity contribution in [3.8, 4) is 0 Å². The Morgan fingerprint density at radius 2 is 2.05 bits per heavy atom. The molecule has 2 N–H and O–H groups in total. The molecule has 1 aromatic carbocycles. The zero-order chi connectivity index (χ0) is 15.8. The summed E-state index contributed by atoms with van der Waals surface area (Å²) >= 11 is 2.95. The number of nitrogen functional groups attached to an aromatic ring is 1. The summed E-state index contributed by atoms with van der Waals surface area (Å²) in [6.45, 7) is 1.76. The molecule has 5 nitrogen and oxygen atoms in total. The van der Waals surface area contributed by atoms with Gasteiger partial charge in [-0.1, -0.05) is 0 Å². The average molecular weight is 377 g/mol. The van der Waals surface area contributed by atoms with Gasteiger partial charge in [0, 0.05) is 12.7 Å². The van der Waals surface area contributed by atoms with Crippen LogP contribution in [0.25, 0.3) is 0 Å². The van der Waals surface area contributed by atoms with E-state index in [1.807, 2.05) is 0 Å². The first-order valence-corrected chi connectivity index (χ1v) is 8.21. The molecule has 8 heteroatoms. The molecule has 0 aliphatic rings. The van der Waals surface area contributed by atoms with Crippen LogP contribution in [0, 0.1) is 12.7 Å². The summed E-state index contributed by atoms with van der Waals surface area (Å²) in [5, 5.41) is 0. The molecule has 2 aromatic rings. The fraction of sp³-hybridized carbons (Fsp3) is 0.231. The Kier molecular flexibility index (Phi) is 4.40. The standard InChI is InChI=1S/C13H14BrFN2O3S/c1-8-3-4-10(20-8)7-17(2)21(18,19)12-6-9(16)5-11(14)13(12)15/h3-6H,7,16H2,1-2H3. The zero-order valence-electron chi connectivity index (χ0n) is 11.4. The van der Waals surface area contributed by atoms with Crippen molar-refractivity contribution in [1.82, 2.24) is 4.31 Å². The number of hydrogen-bond donors (Lipinski definition) is 1. The molecule has 0 fully saturated rings.